The third-order valence-electron chi connectivity index (χ3n) is 6.90. The predicted molar refractivity (Wildman–Crippen MR) is 154 cm³/mol. The van der Waals surface area contributed by atoms with E-state index >= 15 is 0 Å². The number of rotatable bonds is 12. The van der Waals surface area contributed by atoms with Gasteiger partial charge in [0, 0.05) is 37.4 Å². The number of hydrogen-bond acceptors (Lipinski definition) is 2. The van der Waals surface area contributed by atoms with Crippen molar-refractivity contribution in [1.29, 1.82) is 0 Å². The van der Waals surface area contributed by atoms with Crippen LogP contribution >= 0.6 is 0 Å². The number of nitrogens with one attached hydrogen (secondary N) is 1. The Balaban J connectivity index is 1.73. The first-order valence-electron chi connectivity index (χ1n) is 13.5. The van der Waals surface area contributed by atoms with Crippen LogP contribution in [0, 0.1) is 5.82 Å². The fourth-order valence-electron chi connectivity index (χ4n) is 4.82. The van der Waals surface area contributed by atoms with E-state index in [0.29, 0.717) is 18.5 Å². The van der Waals surface area contributed by atoms with Crippen molar-refractivity contribution < 1.29 is 14.0 Å². The third-order valence-corrected chi connectivity index (χ3v) is 6.90. The molecule has 0 radical (unpaired) electrons. The number of halogens is 1. The number of amides is 2. The van der Waals surface area contributed by atoms with Gasteiger partial charge in [-0.05, 0) is 29.2 Å². The van der Waals surface area contributed by atoms with E-state index in [2.05, 4.69) is 5.32 Å². The van der Waals surface area contributed by atoms with E-state index in [4.69, 9.17) is 0 Å². The Morgan fingerprint density at radius 2 is 1.31 bits per heavy atom. The van der Waals surface area contributed by atoms with Gasteiger partial charge in [-0.2, -0.15) is 0 Å². The molecule has 39 heavy (non-hydrogen) atoms. The summed E-state index contributed by atoms with van der Waals surface area (Å²) in [6.45, 7) is 2.49. The Morgan fingerprint density at radius 3 is 1.87 bits per heavy atom. The van der Waals surface area contributed by atoms with Crippen LogP contribution in [0.15, 0.2) is 115 Å². The summed E-state index contributed by atoms with van der Waals surface area (Å²) < 4.78 is 14.9. The molecule has 0 aliphatic carbocycles. The number of hydrogen-bond donors (Lipinski definition) is 1. The molecule has 5 heteroatoms. The van der Waals surface area contributed by atoms with Crippen LogP contribution in [-0.4, -0.2) is 29.3 Å². The summed E-state index contributed by atoms with van der Waals surface area (Å²) in [5.74, 6) is -1.05. The second kappa shape index (κ2) is 14.1. The second-order valence-corrected chi connectivity index (χ2v) is 9.69. The Bertz CT molecular complexity index is 1290. The van der Waals surface area contributed by atoms with Gasteiger partial charge in [-0.15, -0.1) is 0 Å². The summed E-state index contributed by atoms with van der Waals surface area (Å²) in [5, 5.41) is 2.98. The van der Waals surface area contributed by atoms with E-state index in [0.717, 1.165) is 23.1 Å². The molecular formula is C34H35FN2O2. The largest absolute Gasteiger partial charge is 0.354 e. The van der Waals surface area contributed by atoms with Crippen LogP contribution in [0.25, 0.3) is 0 Å². The summed E-state index contributed by atoms with van der Waals surface area (Å²) in [6.07, 6.45) is 1.25. The molecule has 1 N–H and O–H groups in total. The van der Waals surface area contributed by atoms with Gasteiger partial charge in [-0.25, -0.2) is 4.39 Å². The standard InChI is InChI=1S/C34H35FN2O2/c1-2-22-36-34(39)32(23-26-14-6-3-7-15-26)37(25-29-20-12-13-21-31(29)35)33(38)24-30(27-16-8-4-9-17-27)28-18-10-5-11-19-28/h3-21,30,32H,2,22-25H2,1H3,(H,36,39). The van der Waals surface area contributed by atoms with Gasteiger partial charge in [-0.3, -0.25) is 9.59 Å². The third kappa shape index (κ3) is 7.64. The van der Waals surface area contributed by atoms with Gasteiger partial charge in [0.2, 0.25) is 11.8 Å². The zero-order valence-corrected chi connectivity index (χ0v) is 22.3. The van der Waals surface area contributed by atoms with Crippen molar-refractivity contribution in [3.63, 3.8) is 0 Å². The molecule has 0 aromatic heterocycles. The van der Waals surface area contributed by atoms with E-state index in [9.17, 15) is 14.0 Å². The van der Waals surface area contributed by atoms with Crippen molar-refractivity contribution in [2.45, 2.75) is 44.7 Å². The topological polar surface area (TPSA) is 49.4 Å². The predicted octanol–water partition coefficient (Wildman–Crippen LogP) is 6.51. The van der Waals surface area contributed by atoms with Crippen LogP contribution in [0.2, 0.25) is 0 Å². The summed E-state index contributed by atoms with van der Waals surface area (Å²) >= 11 is 0. The van der Waals surface area contributed by atoms with E-state index in [1.165, 1.54) is 6.07 Å². The Hall–Kier alpha value is -4.25. The van der Waals surface area contributed by atoms with Crippen molar-refractivity contribution in [3.05, 3.63) is 143 Å². The van der Waals surface area contributed by atoms with Gasteiger partial charge in [0.15, 0.2) is 0 Å². The number of carbonyl (C=O) groups excluding carboxylic acids is 2. The molecule has 1 unspecified atom stereocenters. The number of nitrogens with zero attached hydrogens (tertiary/aromatic N) is 1. The van der Waals surface area contributed by atoms with Crippen LogP contribution < -0.4 is 5.32 Å². The van der Waals surface area contributed by atoms with Crippen LogP contribution in [0.4, 0.5) is 4.39 Å². The molecule has 4 aromatic rings. The van der Waals surface area contributed by atoms with Crippen LogP contribution in [-0.2, 0) is 22.6 Å². The smallest absolute Gasteiger partial charge is 0.243 e. The molecule has 4 nitrogen and oxygen atoms in total. The van der Waals surface area contributed by atoms with Crippen molar-refractivity contribution in [2.24, 2.45) is 0 Å². The first kappa shape index (κ1) is 27.8. The first-order chi connectivity index (χ1) is 19.1. The van der Waals surface area contributed by atoms with Gasteiger partial charge >= 0.3 is 0 Å². The maximum absolute atomic E-state index is 14.9. The molecule has 0 saturated heterocycles. The van der Waals surface area contributed by atoms with Crippen LogP contribution in [0.3, 0.4) is 0 Å². The zero-order chi connectivity index (χ0) is 27.5. The van der Waals surface area contributed by atoms with Gasteiger partial charge in [0.05, 0.1) is 0 Å². The highest BCUT2D eigenvalue weighted by molar-refractivity contribution is 5.88. The van der Waals surface area contributed by atoms with E-state index < -0.39 is 11.9 Å². The molecular weight excluding hydrogens is 487 g/mol. The summed E-state index contributed by atoms with van der Waals surface area (Å²) in [4.78, 5) is 29.4. The number of benzene rings is 4. The minimum Gasteiger partial charge on any atom is -0.354 e. The molecule has 200 valence electrons. The molecule has 0 aliphatic rings. The fraction of sp³-hybridized carbons (Fsp3) is 0.235. The Morgan fingerprint density at radius 1 is 0.769 bits per heavy atom. The Kier molecular flexibility index (Phi) is 10.0. The van der Waals surface area contributed by atoms with E-state index in [1.807, 2.05) is 97.9 Å². The van der Waals surface area contributed by atoms with Crippen molar-refractivity contribution in [1.82, 2.24) is 10.2 Å². The van der Waals surface area contributed by atoms with Gasteiger partial charge in [-0.1, -0.05) is 116 Å². The minimum atomic E-state index is -0.793. The summed E-state index contributed by atoms with van der Waals surface area (Å²) in [5.41, 5.74) is 3.34. The monoisotopic (exact) mass is 522 g/mol. The zero-order valence-electron chi connectivity index (χ0n) is 22.3. The van der Waals surface area contributed by atoms with Crippen molar-refractivity contribution in [3.8, 4) is 0 Å². The lowest BCUT2D eigenvalue weighted by Gasteiger charge is -2.33. The maximum atomic E-state index is 14.9. The van der Waals surface area contributed by atoms with Gasteiger partial charge < -0.3 is 10.2 Å². The lowest BCUT2D eigenvalue weighted by Crippen LogP contribution is -2.51. The average Bonchev–Trinajstić information content (AvgIpc) is 2.98. The molecule has 4 aromatic carbocycles. The first-order valence-corrected chi connectivity index (χ1v) is 13.5. The lowest BCUT2D eigenvalue weighted by molar-refractivity contribution is -0.141. The minimum absolute atomic E-state index is 0.00114. The average molecular weight is 523 g/mol. The molecule has 4 rings (SSSR count). The molecule has 0 aliphatic heterocycles. The van der Waals surface area contributed by atoms with E-state index in [1.54, 1.807) is 23.1 Å². The highest BCUT2D eigenvalue weighted by Gasteiger charge is 2.32. The fourth-order valence-corrected chi connectivity index (χ4v) is 4.82. The normalized spacial score (nSPS) is 11.7. The summed E-state index contributed by atoms with van der Waals surface area (Å²) in [6, 6.07) is 35.1. The second-order valence-electron chi connectivity index (χ2n) is 9.69. The van der Waals surface area contributed by atoms with Crippen molar-refractivity contribution in [2.75, 3.05) is 6.54 Å². The molecule has 2 amide bonds. The molecule has 0 bridgehead atoms. The molecule has 0 fully saturated rings. The molecule has 1 atom stereocenters. The lowest BCUT2D eigenvalue weighted by atomic mass is 9.87. The summed E-state index contributed by atoms with van der Waals surface area (Å²) in [7, 11) is 0. The highest BCUT2D eigenvalue weighted by atomic mass is 19.1. The highest BCUT2D eigenvalue weighted by Crippen LogP contribution is 2.30. The van der Waals surface area contributed by atoms with E-state index in [-0.39, 0.29) is 30.7 Å². The number of carbonyl (C=O) groups is 2. The quantitative estimate of drug-likeness (QED) is 0.230. The molecule has 0 spiro atoms. The molecule has 0 heterocycles. The maximum Gasteiger partial charge on any atom is 0.243 e. The SMILES string of the molecule is CCCNC(=O)C(Cc1ccccc1)N(Cc1ccccc1F)C(=O)CC(c1ccccc1)c1ccccc1. The van der Waals surface area contributed by atoms with Gasteiger partial charge in [0.25, 0.3) is 0 Å². The van der Waals surface area contributed by atoms with Crippen LogP contribution in [0.5, 0.6) is 0 Å². The molecule has 0 saturated carbocycles. The van der Waals surface area contributed by atoms with Gasteiger partial charge in [0.1, 0.15) is 11.9 Å². The van der Waals surface area contributed by atoms with Crippen molar-refractivity contribution >= 4 is 11.8 Å². The Labute approximate surface area is 230 Å². The van der Waals surface area contributed by atoms with Crippen LogP contribution in [0.1, 0.15) is 47.9 Å².